The van der Waals surface area contributed by atoms with E-state index in [1.54, 1.807) is 12.1 Å². The van der Waals surface area contributed by atoms with Crippen LogP contribution < -0.4 is 4.72 Å². The van der Waals surface area contributed by atoms with Crippen LogP contribution in [0.5, 0.6) is 0 Å². The van der Waals surface area contributed by atoms with Crippen molar-refractivity contribution in [2.45, 2.75) is 31.1 Å². The molecular formula is C16H19NO2S. The number of nitrogens with one attached hydrogen (secondary N) is 1. The maximum Gasteiger partial charge on any atom is 0.241 e. The Morgan fingerprint density at radius 1 is 1.10 bits per heavy atom. The molecule has 4 heteroatoms. The lowest BCUT2D eigenvalue weighted by Crippen LogP contribution is -2.39. The quantitative estimate of drug-likeness (QED) is 0.938. The van der Waals surface area contributed by atoms with Crippen molar-refractivity contribution in [2.75, 3.05) is 6.54 Å². The summed E-state index contributed by atoms with van der Waals surface area (Å²) in [5.41, 5.74) is 0.137. The molecule has 0 bridgehead atoms. The van der Waals surface area contributed by atoms with Crippen LogP contribution in [0.2, 0.25) is 0 Å². The van der Waals surface area contributed by atoms with E-state index in [0.717, 1.165) is 23.6 Å². The van der Waals surface area contributed by atoms with Crippen molar-refractivity contribution in [1.82, 2.24) is 4.72 Å². The Labute approximate surface area is 120 Å². The SMILES string of the molecule is CC1(CNS(=O)(=O)c2cccc3ccccc23)CCC1. The second-order valence-corrected chi connectivity index (χ2v) is 7.70. The molecule has 0 radical (unpaired) electrons. The van der Waals surface area contributed by atoms with E-state index in [9.17, 15) is 8.42 Å². The van der Waals surface area contributed by atoms with Crippen LogP contribution in [0, 0.1) is 5.41 Å². The second-order valence-electron chi connectivity index (χ2n) is 5.97. The second kappa shape index (κ2) is 4.86. The molecule has 1 fully saturated rings. The van der Waals surface area contributed by atoms with Gasteiger partial charge in [0.1, 0.15) is 0 Å². The Kier molecular flexibility index (Phi) is 3.30. The summed E-state index contributed by atoms with van der Waals surface area (Å²) in [6, 6.07) is 13.0. The molecule has 1 N–H and O–H groups in total. The predicted molar refractivity (Wildman–Crippen MR) is 81.1 cm³/mol. The third-order valence-corrected chi connectivity index (χ3v) is 5.75. The molecule has 0 heterocycles. The van der Waals surface area contributed by atoms with Gasteiger partial charge in [0, 0.05) is 11.9 Å². The van der Waals surface area contributed by atoms with Crippen LogP contribution in [-0.4, -0.2) is 15.0 Å². The van der Waals surface area contributed by atoms with Crippen molar-refractivity contribution >= 4 is 20.8 Å². The first kappa shape index (κ1) is 13.6. The van der Waals surface area contributed by atoms with Gasteiger partial charge in [-0.25, -0.2) is 13.1 Å². The molecule has 0 aromatic heterocycles. The van der Waals surface area contributed by atoms with Crippen molar-refractivity contribution in [1.29, 1.82) is 0 Å². The smallest absolute Gasteiger partial charge is 0.211 e. The fraction of sp³-hybridized carbons (Fsp3) is 0.375. The van der Waals surface area contributed by atoms with Gasteiger partial charge in [0.05, 0.1) is 4.90 Å². The summed E-state index contributed by atoms with van der Waals surface area (Å²) in [5.74, 6) is 0. The summed E-state index contributed by atoms with van der Waals surface area (Å²) in [5, 5.41) is 1.73. The zero-order chi connectivity index (χ0) is 14.2. The molecule has 1 aliphatic carbocycles. The average Bonchev–Trinajstić information content (AvgIpc) is 2.42. The standard InChI is InChI=1S/C16H19NO2S/c1-16(10-5-11-16)12-17-20(18,19)15-9-4-7-13-6-2-3-8-14(13)15/h2-4,6-9,17H,5,10-12H2,1H3. The highest BCUT2D eigenvalue weighted by Crippen LogP contribution is 2.39. The van der Waals surface area contributed by atoms with Crippen molar-refractivity contribution < 1.29 is 8.42 Å². The van der Waals surface area contributed by atoms with E-state index < -0.39 is 10.0 Å². The number of rotatable bonds is 4. The van der Waals surface area contributed by atoms with Gasteiger partial charge in [0.2, 0.25) is 10.0 Å². The molecule has 0 amide bonds. The largest absolute Gasteiger partial charge is 0.241 e. The van der Waals surface area contributed by atoms with E-state index in [-0.39, 0.29) is 5.41 Å². The van der Waals surface area contributed by atoms with Crippen molar-refractivity contribution in [2.24, 2.45) is 5.41 Å². The molecule has 0 spiro atoms. The van der Waals surface area contributed by atoms with Gasteiger partial charge in [-0.05, 0) is 29.7 Å². The van der Waals surface area contributed by atoms with Gasteiger partial charge >= 0.3 is 0 Å². The fourth-order valence-corrected chi connectivity index (χ4v) is 4.16. The minimum absolute atomic E-state index is 0.137. The molecule has 0 saturated heterocycles. The van der Waals surface area contributed by atoms with Crippen molar-refractivity contribution in [3.63, 3.8) is 0 Å². The Morgan fingerprint density at radius 2 is 1.80 bits per heavy atom. The Hall–Kier alpha value is -1.39. The Bertz CT molecular complexity index is 728. The fourth-order valence-electron chi connectivity index (χ4n) is 2.73. The summed E-state index contributed by atoms with van der Waals surface area (Å²) < 4.78 is 27.8. The van der Waals surface area contributed by atoms with Crippen LogP contribution >= 0.6 is 0 Å². The predicted octanol–water partition coefficient (Wildman–Crippen LogP) is 3.31. The molecule has 0 atom stereocenters. The van der Waals surface area contributed by atoms with Gasteiger partial charge in [0.25, 0.3) is 0 Å². The van der Waals surface area contributed by atoms with Crippen LogP contribution in [0.25, 0.3) is 10.8 Å². The third-order valence-electron chi connectivity index (χ3n) is 4.29. The number of hydrogen-bond acceptors (Lipinski definition) is 2. The summed E-state index contributed by atoms with van der Waals surface area (Å²) in [6.45, 7) is 2.67. The summed E-state index contributed by atoms with van der Waals surface area (Å²) in [6.07, 6.45) is 3.41. The van der Waals surface area contributed by atoms with E-state index in [2.05, 4.69) is 11.6 Å². The molecule has 0 aliphatic heterocycles. The number of sulfonamides is 1. The van der Waals surface area contributed by atoms with Crippen LogP contribution in [0.1, 0.15) is 26.2 Å². The van der Waals surface area contributed by atoms with E-state index >= 15 is 0 Å². The highest BCUT2D eigenvalue weighted by Gasteiger charge is 2.33. The van der Waals surface area contributed by atoms with Crippen molar-refractivity contribution in [3.8, 4) is 0 Å². The zero-order valence-electron chi connectivity index (χ0n) is 11.6. The third kappa shape index (κ3) is 2.45. The van der Waals surface area contributed by atoms with E-state index in [1.165, 1.54) is 6.42 Å². The first-order valence-electron chi connectivity index (χ1n) is 6.98. The maximum absolute atomic E-state index is 12.5. The molecule has 20 heavy (non-hydrogen) atoms. The minimum atomic E-state index is -3.45. The van der Waals surface area contributed by atoms with Crippen LogP contribution in [0.4, 0.5) is 0 Å². The molecule has 0 unspecified atom stereocenters. The van der Waals surface area contributed by atoms with Gasteiger partial charge in [-0.2, -0.15) is 0 Å². The van der Waals surface area contributed by atoms with Gasteiger partial charge in [-0.3, -0.25) is 0 Å². The lowest BCUT2D eigenvalue weighted by molar-refractivity contribution is 0.166. The Morgan fingerprint density at radius 3 is 2.50 bits per heavy atom. The van der Waals surface area contributed by atoms with Gasteiger partial charge in [-0.1, -0.05) is 49.7 Å². The number of benzene rings is 2. The Balaban J connectivity index is 1.93. The normalized spacial score (nSPS) is 17.9. The van der Waals surface area contributed by atoms with E-state index in [4.69, 9.17) is 0 Å². The summed E-state index contributed by atoms with van der Waals surface area (Å²) >= 11 is 0. The molecule has 2 aromatic carbocycles. The number of hydrogen-bond donors (Lipinski definition) is 1. The highest BCUT2D eigenvalue weighted by atomic mass is 32.2. The zero-order valence-corrected chi connectivity index (χ0v) is 12.4. The van der Waals surface area contributed by atoms with Gasteiger partial charge in [-0.15, -0.1) is 0 Å². The topological polar surface area (TPSA) is 46.2 Å². The molecule has 2 aromatic rings. The van der Waals surface area contributed by atoms with Crippen LogP contribution in [0.15, 0.2) is 47.4 Å². The van der Waals surface area contributed by atoms with Gasteiger partial charge in [0.15, 0.2) is 0 Å². The summed E-state index contributed by atoms with van der Waals surface area (Å²) in [7, 11) is -3.45. The van der Waals surface area contributed by atoms with E-state index in [0.29, 0.717) is 11.4 Å². The average molecular weight is 289 g/mol. The molecule has 1 saturated carbocycles. The van der Waals surface area contributed by atoms with Crippen LogP contribution in [-0.2, 0) is 10.0 Å². The molecule has 1 aliphatic rings. The van der Waals surface area contributed by atoms with Crippen LogP contribution in [0.3, 0.4) is 0 Å². The lowest BCUT2D eigenvalue weighted by atomic mass is 9.71. The maximum atomic E-state index is 12.5. The monoisotopic (exact) mass is 289 g/mol. The van der Waals surface area contributed by atoms with E-state index in [1.807, 2.05) is 30.3 Å². The first-order valence-corrected chi connectivity index (χ1v) is 8.46. The highest BCUT2D eigenvalue weighted by molar-refractivity contribution is 7.89. The number of fused-ring (bicyclic) bond motifs is 1. The molecule has 3 nitrogen and oxygen atoms in total. The van der Waals surface area contributed by atoms with Crippen molar-refractivity contribution in [3.05, 3.63) is 42.5 Å². The first-order chi connectivity index (χ1) is 9.50. The van der Waals surface area contributed by atoms with Gasteiger partial charge < -0.3 is 0 Å². The molecule has 3 rings (SSSR count). The molecular weight excluding hydrogens is 270 g/mol. The minimum Gasteiger partial charge on any atom is -0.211 e. The summed E-state index contributed by atoms with van der Waals surface area (Å²) in [4.78, 5) is 0.374. The lowest BCUT2D eigenvalue weighted by Gasteiger charge is -2.38. The molecule has 106 valence electrons.